The molecule has 1 aromatic heterocycles. The van der Waals surface area contributed by atoms with Crippen molar-refractivity contribution in [3.05, 3.63) is 26.4 Å². The van der Waals surface area contributed by atoms with Crippen molar-refractivity contribution in [1.29, 1.82) is 0 Å². The van der Waals surface area contributed by atoms with E-state index >= 15 is 0 Å². The molecular formula is C7H4Br3F2N. The largest absolute Gasteiger partial charge is 0.281 e. The Morgan fingerprint density at radius 1 is 1.38 bits per heavy atom. The van der Waals surface area contributed by atoms with Gasteiger partial charge < -0.3 is 0 Å². The lowest BCUT2D eigenvalue weighted by Gasteiger charge is -2.07. The van der Waals surface area contributed by atoms with Gasteiger partial charge in [0.05, 0.1) is 0 Å². The van der Waals surface area contributed by atoms with Crippen LogP contribution in [0.15, 0.2) is 15.1 Å². The molecule has 0 amide bonds. The number of aromatic nitrogens is 1. The van der Waals surface area contributed by atoms with Gasteiger partial charge >= 0.3 is 0 Å². The summed E-state index contributed by atoms with van der Waals surface area (Å²) in [5.74, 6) is 0. The number of hydrogen-bond donors (Lipinski definition) is 0. The molecule has 6 heteroatoms. The van der Waals surface area contributed by atoms with Gasteiger partial charge in [0.2, 0.25) is 0 Å². The minimum atomic E-state index is -2.57. The minimum absolute atomic E-state index is 0.233. The SMILES string of the molecule is FC(F)c1nc(Br)cc(CBr)c1Br. The summed E-state index contributed by atoms with van der Waals surface area (Å²) in [5.41, 5.74) is 0.515. The van der Waals surface area contributed by atoms with Crippen LogP contribution in [0.4, 0.5) is 8.78 Å². The van der Waals surface area contributed by atoms with E-state index in [4.69, 9.17) is 0 Å². The standard InChI is InChI=1S/C7H4Br3F2N/c8-2-3-1-4(9)13-6(5(3)10)7(11)12/h1,7H,2H2. The fourth-order valence-electron chi connectivity index (χ4n) is 0.810. The van der Waals surface area contributed by atoms with Crippen LogP contribution in [0.1, 0.15) is 17.7 Å². The molecule has 0 N–H and O–H groups in total. The Kier molecular flexibility index (Phi) is 4.25. The highest BCUT2D eigenvalue weighted by molar-refractivity contribution is 9.11. The van der Waals surface area contributed by atoms with E-state index in [9.17, 15) is 8.78 Å². The van der Waals surface area contributed by atoms with E-state index in [1.807, 2.05) is 0 Å². The van der Waals surface area contributed by atoms with Crippen molar-refractivity contribution in [2.75, 3.05) is 0 Å². The third-order valence-electron chi connectivity index (χ3n) is 1.38. The predicted molar refractivity (Wildman–Crippen MR) is 57.2 cm³/mol. The Hall–Kier alpha value is 0.450. The van der Waals surface area contributed by atoms with Crippen molar-refractivity contribution in [3.8, 4) is 0 Å². The van der Waals surface area contributed by atoms with Gasteiger partial charge in [-0.2, -0.15) is 0 Å². The highest BCUT2D eigenvalue weighted by atomic mass is 79.9. The van der Waals surface area contributed by atoms with E-state index in [-0.39, 0.29) is 5.69 Å². The first-order valence-electron chi connectivity index (χ1n) is 3.25. The molecule has 1 rings (SSSR count). The second-order valence-corrected chi connectivity index (χ2v) is 4.40. The fourth-order valence-corrected chi connectivity index (χ4v) is 2.61. The highest BCUT2D eigenvalue weighted by Gasteiger charge is 2.16. The van der Waals surface area contributed by atoms with Crippen LogP contribution in [0.25, 0.3) is 0 Å². The van der Waals surface area contributed by atoms with E-state index in [2.05, 4.69) is 52.8 Å². The molecule has 0 aliphatic rings. The van der Waals surface area contributed by atoms with Crippen molar-refractivity contribution in [2.45, 2.75) is 11.8 Å². The van der Waals surface area contributed by atoms with E-state index in [1.165, 1.54) is 0 Å². The lowest BCUT2D eigenvalue weighted by molar-refractivity contribution is 0.145. The van der Waals surface area contributed by atoms with Gasteiger partial charge in [0.1, 0.15) is 10.3 Å². The maximum atomic E-state index is 12.4. The van der Waals surface area contributed by atoms with E-state index in [0.29, 0.717) is 14.4 Å². The first-order valence-corrected chi connectivity index (χ1v) is 5.96. The zero-order chi connectivity index (χ0) is 10.0. The van der Waals surface area contributed by atoms with E-state index in [1.54, 1.807) is 6.07 Å². The average molecular weight is 380 g/mol. The predicted octanol–water partition coefficient (Wildman–Crippen LogP) is 4.44. The maximum absolute atomic E-state index is 12.4. The molecule has 0 spiro atoms. The Labute approximate surface area is 99.3 Å². The first kappa shape index (κ1) is 11.5. The molecule has 1 heterocycles. The van der Waals surface area contributed by atoms with Crippen molar-refractivity contribution in [1.82, 2.24) is 4.98 Å². The zero-order valence-electron chi connectivity index (χ0n) is 6.20. The van der Waals surface area contributed by atoms with Gasteiger partial charge in [-0.1, -0.05) is 15.9 Å². The van der Waals surface area contributed by atoms with Crippen LogP contribution in [0, 0.1) is 0 Å². The topological polar surface area (TPSA) is 12.9 Å². The molecule has 1 nitrogen and oxygen atoms in total. The maximum Gasteiger partial charge on any atom is 0.281 e. The summed E-state index contributed by atoms with van der Waals surface area (Å²) in [5, 5.41) is 0.508. The number of hydrogen-bond acceptors (Lipinski definition) is 1. The molecule has 0 bridgehead atoms. The summed E-state index contributed by atoms with van der Waals surface area (Å²) in [7, 11) is 0. The molecule has 0 atom stereocenters. The zero-order valence-corrected chi connectivity index (χ0v) is 11.0. The molecule has 72 valence electrons. The van der Waals surface area contributed by atoms with Crippen LogP contribution < -0.4 is 0 Å². The Morgan fingerprint density at radius 2 is 2.00 bits per heavy atom. The number of alkyl halides is 3. The second-order valence-electron chi connectivity index (χ2n) is 2.24. The molecule has 0 aliphatic heterocycles. The summed E-state index contributed by atoms with van der Waals surface area (Å²) >= 11 is 9.36. The monoisotopic (exact) mass is 377 g/mol. The molecule has 0 radical (unpaired) electrons. The molecule has 0 unspecified atom stereocenters. The molecule has 1 aromatic rings. The summed E-state index contributed by atoms with van der Waals surface area (Å²) in [6.07, 6.45) is -2.57. The molecular weight excluding hydrogens is 376 g/mol. The van der Waals surface area contributed by atoms with Crippen molar-refractivity contribution < 1.29 is 8.78 Å². The number of pyridine rings is 1. The number of rotatable bonds is 2. The summed E-state index contributed by atoms with van der Waals surface area (Å²) < 4.78 is 25.6. The Balaban J connectivity index is 3.27. The third-order valence-corrected chi connectivity index (χ3v) is 3.30. The van der Waals surface area contributed by atoms with Gasteiger partial charge in [-0.25, -0.2) is 13.8 Å². The molecule has 13 heavy (non-hydrogen) atoms. The first-order chi connectivity index (χ1) is 6.06. The third kappa shape index (κ3) is 2.70. The molecule has 0 saturated carbocycles. The van der Waals surface area contributed by atoms with Crippen LogP contribution in [0.3, 0.4) is 0 Å². The number of halogens is 5. The van der Waals surface area contributed by atoms with E-state index < -0.39 is 6.43 Å². The van der Waals surface area contributed by atoms with Crippen LogP contribution in [-0.2, 0) is 5.33 Å². The Morgan fingerprint density at radius 3 is 2.46 bits per heavy atom. The molecule has 0 aromatic carbocycles. The normalized spacial score (nSPS) is 10.9. The molecule has 0 fully saturated rings. The fraction of sp³-hybridized carbons (Fsp3) is 0.286. The van der Waals surface area contributed by atoms with E-state index in [0.717, 1.165) is 5.56 Å². The van der Waals surface area contributed by atoms with Gasteiger partial charge in [-0.15, -0.1) is 0 Å². The summed E-state index contributed by atoms with van der Waals surface area (Å²) in [6, 6.07) is 1.69. The minimum Gasteiger partial charge on any atom is -0.239 e. The van der Waals surface area contributed by atoms with Crippen LogP contribution in [0.2, 0.25) is 0 Å². The van der Waals surface area contributed by atoms with Gasteiger partial charge in [0, 0.05) is 9.80 Å². The van der Waals surface area contributed by atoms with Crippen LogP contribution in [-0.4, -0.2) is 4.98 Å². The van der Waals surface area contributed by atoms with Gasteiger partial charge in [-0.05, 0) is 43.5 Å². The van der Waals surface area contributed by atoms with Crippen molar-refractivity contribution >= 4 is 47.8 Å². The summed E-state index contributed by atoms with van der Waals surface area (Å²) in [4.78, 5) is 3.68. The van der Waals surface area contributed by atoms with Crippen molar-refractivity contribution in [3.63, 3.8) is 0 Å². The Bertz CT molecular complexity index is 317. The molecule has 0 saturated heterocycles. The average Bonchev–Trinajstić information content (AvgIpc) is 2.08. The van der Waals surface area contributed by atoms with Crippen LogP contribution >= 0.6 is 47.8 Å². The lowest BCUT2D eigenvalue weighted by Crippen LogP contribution is -1.96. The van der Waals surface area contributed by atoms with Crippen molar-refractivity contribution in [2.24, 2.45) is 0 Å². The van der Waals surface area contributed by atoms with Crippen LogP contribution in [0.5, 0.6) is 0 Å². The summed E-state index contributed by atoms with van der Waals surface area (Å²) in [6.45, 7) is 0. The smallest absolute Gasteiger partial charge is 0.239 e. The second kappa shape index (κ2) is 4.79. The highest BCUT2D eigenvalue weighted by Crippen LogP contribution is 2.31. The number of nitrogens with zero attached hydrogens (tertiary/aromatic N) is 1. The molecule has 0 aliphatic carbocycles. The van der Waals surface area contributed by atoms with Gasteiger partial charge in [0.25, 0.3) is 6.43 Å². The quantitative estimate of drug-likeness (QED) is 0.547. The lowest BCUT2D eigenvalue weighted by atomic mass is 10.2. The van der Waals surface area contributed by atoms with Gasteiger partial charge in [0.15, 0.2) is 0 Å². The van der Waals surface area contributed by atoms with Gasteiger partial charge in [-0.3, -0.25) is 0 Å².